The number of carbonyl (C=O) groups excluding carboxylic acids is 3. The number of urea groups is 1. The van der Waals surface area contributed by atoms with Crippen molar-refractivity contribution >= 4 is 17.8 Å². The van der Waals surface area contributed by atoms with Gasteiger partial charge in [-0.25, -0.2) is 4.79 Å². The highest BCUT2D eigenvalue weighted by molar-refractivity contribution is 6.05. The van der Waals surface area contributed by atoms with Crippen LogP contribution in [-0.2, 0) is 29.0 Å². The Hall–Kier alpha value is -3.95. The second-order valence-electron chi connectivity index (χ2n) is 8.68. The number of nitrogens with one attached hydrogen (secondary N) is 1. The molecule has 0 aromatic heterocycles. The maximum absolute atomic E-state index is 13.0. The van der Waals surface area contributed by atoms with Gasteiger partial charge in [-0.15, -0.1) is 0 Å². The third kappa shape index (κ3) is 5.02. The molecule has 0 spiro atoms. The van der Waals surface area contributed by atoms with Crippen LogP contribution in [0, 0.1) is 0 Å². The Kier molecular flexibility index (Phi) is 7.52. The number of imide groups is 1. The van der Waals surface area contributed by atoms with Crippen LogP contribution >= 0.6 is 0 Å². The molecule has 1 N–H and O–H groups in total. The van der Waals surface area contributed by atoms with Crippen LogP contribution in [-0.4, -0.2) is 75.2 Å². The van der Waals surface area contributed by atoms with Gasteiger partial charge in [0.05, 0.1) is 34.9 Å². The highest BCUT2D eigenvalue weighted by Gasteiger charge is 2.39. The summed E-state index contributed by atoms with van der Waals surface area (Å²) < 4.78 is 21.3. The second-order valence-corrected chi connectivity index (χ2v) is 8.68. The first-order valence-corrected chi connectivity index (χ1v) is 11.7. The number of nitrogens with zero attached hydrogens (tertiary/aromatic N) is 2. The zero-order chi connectivity index (χ0) is 25.8. The van der Waals surface area contributed by atoms with Crippen LogP contribution in [0.1, 0.15) is 23.1 Å². The summed E-state index contributed by atoms with van der Waals surface area (Å²) in [7, 11) is 6.27. The molecule has 4 amide bonds. The van der Waals surface area contributed by atoms with E-state index in [0.29, 0.717) is 48.9 Å². The van der Waals surface area contributed by atoms with Gasteiger partial charge >= 0.3 is 6.03 Å². The fourth-order valence-corrected chi connectivity index (χ4v) is 4.60. The van der Waals surface area contributed by atoms with Gasteiger partial charge in [0.2, 0.25) is 5.91 Å². The van der Waals surface area contributed by atoms with E-state index in [2.05, 4.69) is 5.32 Å². The van der Waals surface area contributed by atoms with Crippen LogP contribution in [0.25, 0.3) is 0 Å². The lowest BCUT2D eigenvalue weighted by Crippen LogP contribution is -2.41. The molecule has 0 radical (unpaired) electrons. The summed E-state index contributed by atoms with van der Waals surface area (Å²) in [6, 6.07) is 7.92. The van der Waals surface area contributed by atoms with Crippen molar-refractivity contribution < 1.29 is 33.3 Å². The zero-order valence-corrected chi connectivity index (χ0v) is 21.0. The molecular weight excluding hydrogens is 466 g/mol. The minimum absolute atomic E-state index is 0.0833. The van der Waals surface area contributed by atoms with Gasteiger partial charge < -0.3 is 29.2 Å². The normalized spacial score (nSPS) is 16.9. The average Bonchev–Trinajstić information content (AvgIpc) is 3.17. The van der Waals surface area contributed by atoms with Crippen LogP contribution in [0.5, 0.6) is 23.0 Å². The lowest BCUT2D eigenvalue weighted by Gasteiger charge is -2.30. The van der Waals surface area contributed by atoms with E-state index in [1.165, 1.54) is 0 Å². The largest absolute Gasteiger partial charge is 0.493 e. The first kappa shape index (κ1) is 25.2. The SMILES string of the molecule is COc1ccc(CCN2C(=O)N[C@@H](CC(=O)N3CCc4cc(OC)c(OC)cc4C3)C2=O)cc1OC. The molecule has 10 nitrogen and oxygen atoms in total. The molecule has 192 valence electrons. The van der Waals surface area contributed by atoms with Crippen molar-refractivity contribution in [3.05, 3.63) is 47.0 Å². The van der Waals surface area contributed by atoms with Gasteiger partial charge in [-0.3, -0.25) is 14.5 Å². The molecule has 2 aromatic rings. The van der Waals surface area contributed by atoms with Gasteiger partial charge in [-0.2, -0.15) is 0 Å². The molecule has 10 heteroatoms. The Morgan fingerprint density at radius 1 is 0.917 bits per heavy atom. The Bertz CT molecular complexity index is 1170. The topological polar surface area (TPSA) is 107 Å². The number of methoxy groups -OCH3 is 4. The second kappa shape index (κ2) is 10.8. The quantitative estimate of drug-likeness (QED) is 0.529. The van der Waals surface area contributed by atoms with E-state index in [1.807, 2.05) is 24.3 Å². The van der Waals surface area contributed by atoms with Crippen LogP contribution in [0.3, 0.4) is 0 Å². The standard InChI is InChI=1S/C26H31N3O7/c1-33-20-6-5-16(11-21(20)34-2)7-10-29-25(31)19(27-26(29)32)14-24(30)28-9-8-17-12-22(35-3)23(36-4)13-18(17)15-28/h5-6,11-13,19H,7-10,14-15H2,1-4H3,(H,27,32)/t19-/m0/s1. The minimum Gasteiger partial charge on any atom is -0.493 e. The van der Waals surface area contributed by atoms with Gasteiger partial charge in [0.15, 0.2) is 23.0 Å². The zero-order valence-electron chi connectivity index (χ0n) is 21.0. The molecule has 1 atom stereocenters. The van der Waals surface area contributed by atoms with Crippen LogP contribution < -0.4 is 24.3 Å². The number of hydrogen-bond acceptors (Lipinski definition) is 7. The average molecular weight is 498 g/mol. The predicted molar refractivity (Wildman–Crippen MR) is 131 cm³/mol. The van der Waals surface area contributed by atoms with E-state index in [1.54, 1.807) is 39.4 Å². The summed E-state index contributed by atoms with van der Waals surface area (Å²) in [5.74, 6) is 1.87. The van der Waals surface area contributed by atoms with E-state index in [4.69, 9.17) is 18.9 Å². The van der Waals surface area contributed by atoms with Gasteiger partial charge in [0, 0.05) is 19.6 Å². The molecule has 4 rings (SSSR count). The summed E-state index contributed by atoms with van der Waals surface area (Å²) in [5, 5.41) is 2.66. The van der Waals surface area contributed by atoms with Crippen LogP contribution in [0.4, 0.5) is 4.79 Å². The summed E-state index contributed by atoms with van der Waals surface area (Å²) in [5.41, 5.74) is 2.97. The van der Waals surface area contributed by atoms with E-state index in [9.17, 15) is 14.4 Å². The minimum atomic E-state index is -0.873. The smallest absolute Gasteiger partial charge is 0.324 e. The maximum atomic E-state index is 13.0. The number of amides is 4. The highest BCUT2D eigenvalue weighted by atomic mass is 16.5. The van der Waals surface area contributed by atoms with Gasteiger partial charge in [0.1, 0.15) is 6.04 Å². The van der Waals surface area contributed by atoms with Gasteiger partial charge in [0.25, 0.3) is 5.91 Å². The van der Waals surface area contributed by atoms with Gasteiger partial charge in [-0.1, -0.05) is 6.07 Å². The molecule has 2 heterocycles. The van der Waals surface area contributed by atoms with E-state index in [-0.39, 0.29) is 18.9 Å². The Balaban J connectivity index is 1.36. The summed E-state index contributed by atoms with van der Waals surface area (Å²) >= 11 is 0. The molecule has 0 bridgehead atoms. The van der Waals surface area contributed by atoms with Crippen molar-refractivity contribution in [1.29, 1.82) is 0 Å². The molecule has 0 unspecified atom stereocenters. The number of hydrogen-bond donors (Lipinski definition) is 1. The fraction of sp³-hybridized carbons (Fsp3) is 0.423. The first-order valence-electron chi connectivity index (χ1n) is 11.7. The van der Waals surface area contributed by atoms with Crippen molar-refractivity contribution in [2.45, 2.75) is 31.8 Å². The van der Waals surface area contributed by atoms with Crippen molar-refractivity contribution in [3.8, 4) is 23.0 Å². The predicted octanol–water partition coefficient (Wildman–Crippen LogP) is 2.16. The Morgan fingerprint density at radius 2 is 1.56 bits per heavy atom. The van der Waals surface area contributed by atoms with Crippen molar-refractivity contribution in [1.82, 2.24) is 15.1 Å². The number of carbonyl (C=O) groups is 3. The lowest BCUT2D eigenvalue weighted by atomic mass is 9.98. The lowest BCUT2D eigenvalue weighted by molar-refractivity contribution is -0.136. The molecule has 1 fully saturated rings. The Morgan fingerprint density at radius 3 is 2.22 bits per heavy atom. The molecule has 0 saturated carbocycles. The molecule has 2 aliphatic rings. The summed E-state index contributed by atoms with van der Waals surface area (Å²) in [6.07, 6.45) is 1.04. The molecule has 36 heavy (non-hydrogen) atoms. The van der Waals surface area contributed by atoms with Crippen molar-refractivity contribution in [2.75, 3.05) is 41.5 Å². The van der Waals surface area contributed by atoms with E-state index in [0.717, 1.165) is 21.6 Å². The Labute approximate surface area is 210 Å². The number of ether oxygens (including phenoxy) is 4. The summed E-state index contributed by atoms with van der Waals surface area (Å²) in [4.78, 5) is 41.3. The summed E-state index contributed by atoms with van der Waals surface area (Å²) in [6.45, 7) is 1.13. The molecular formula is C26H31N3O7. The van der Waals surface area contributed by atoms with Crippen molar-refractivity contribution in [3.63, 3.8) is 0 Å². The maximum Gasteiger partial charge on any atom is 0.324 e. The monoisotopic (exact) mass is 497 g/mol. The third-order valence-electron chi connectivity index (χ3n) is 6.63. The first-order chi connectivity index (χ1) is 17.4. The fourth-order valence-electron chi connectivity index (χ4n) is 4.60. The number of benzene rings is 2. The molecule has 2 aromatic carbocycles. The van der Waals surface area contributed by atoms with Crippen LogP contribution in [0.2, 0.25) is 0 Å². The van der Waals surface area contributed by atoms with Crippen LogP contribution in [0.15, 0.2) is 30.3 Å². The highest BCUT2D eigenvalue weighted by Crippen LogP contribution is 2.33. The van der Waals surface area contributed by atoms with E-state index >= 15 is 0 Å². The van der Waals surface area contributed by atoms with Gasteiger partial charge in [-0.05, 0) is 53.8 Å². The number of fused-ring (bicyclic) bond motifs is 1. The number of rotatable bonds is 9. The van der Waals surface area contributed by atoms with Crippen molar-refractivity contribution in [2.24, 2.45) is 0 Å². The molecule has 2 aliphatic heterocycles. The molecule has 0 aliphatic carbocycles. The van der Waals surface area contributed by atoms with E-state index < -0.39 is 18.0 Å². The third-order valence-corrected chi connectivity index (χ3v) is 6.63. The molecule has 1 saturated heterocycles.